The Morgan fingerprint density at radius 1 is 1.28 bits per heavy atom. The van der Waals surface area contributed by atoms with Gasteiger partial charge in [-0.1, -0.05) is 30.7 Å². The van der Waals surface area contributed by atoms with Crippen molar-refractivity contribution in [2.45, 2.75) is 32.7 Å². The van der Waals surface area contributed by atoms with Gasteiger partial charge in [0.05, 0.1) is 0 Å². The van der Waals surface area contributed by atoms with Gasteiger partial charge in [-0.2, -0.15) is 0 Å². The second-order valence-electron chi connectivity index (χ2n) is 4.57. The molecule has 0 fully saturated rings. The molecule has 0 spiro atoms. The van der Waals surface area contributed by atoms with E-state index in [-0.39, 0.29) is 6.04 Å². The van der Waals surface area contributed by atoms with Crippen molar-refractivity contribution < 1.29 is 0 Å². The lowest BCUT2D eigenvalue weighted by molar-refractivity contribution is 0.728. The van der Waals surface area contributed by atoms with E-state index in [1.165, 1.54) is 16.0 Å². The van der Waals surface area contributed by atoms with E-state index >= 15 is 0 Å². The molecule has 1 aromatic carbocycles. The van der Waals surface area contributed by atoms with Crippen LogP contribution in [0, 0.1) is 6.92 Å². The molecule has 0 saturated heterocycles. The number of nitrogens with two attached hydrogens (primary N) is 1. The Balaban J connectivity index is 2.18. The number of halogens is 1. The molecule has 0 aliphatic heterocycles. The van der Waals surface area contributed by atoms with E-state index in [0.29, 0.717) is 0 Å². The van der Waals surface area contributed by atoms with Gasteiger partial charge in [0, 0.05) is 15.9 Å². The monoisotopic (exact) mass is 279 g/mol. The fraction of sp³-hybridized carbons (Fsp3) is 0.333. The Bertz CT molecular complexity index is 533. The van der Waals surface area contributed by atoms with Crippen molar-refractivity contribution in [3.63, 3.8) is 0 Å². The molecule has 1 nitrogen and oxygen atoms in total. The maximum atomic E-state index is 6.31. The van der Waals surface area contributed by atoms with Crippen LogP contribution in [-0.2, 0) is 12.8 Å². The molecule has 1 atom stereocenters. The van der Waals surface area contributed by atoms with Gasteiger partial charge in [0.1, 0.15) is 0 Å². The van der Waals surface area contributed by atoms with E-state index in [0.717, 1.165) is 23.4 Å². The van der Waals surface area contributed by atoms with Crippen LogP contribution in [0.15, 0.2) is 29.6 Å². The van der Waals surface area contributed by atoms with Crippen molar-refractivity contribution in [1.29, 1.82) is 0 Å². The first-order valence-electron chi connectivity index (χ1n) is 6.18. The van der Waals surface area contributed by atoms with E-state index in [4.69, 9.17) is 17.3 Å². The predicted molar refractivity (Wildman–Crippen MR) is 80.5 cm³/mol. The lowest BCUT2D eigenvalue weighted by atomic mass is 10.0. The molecule has 1 unspecified atom stereocenters. The SMILES string of the molecule is CCc1ccsc1C(N)Cc1ccc(C)cc1Cl. The van der Waals surface area contributed by atoms with Crippen molar-refractivity contribution in [2.75, 3.05) is 0 Å². The van der Waals surface area contributed by atoms with Gasteiger partial charge in [0.2, 0.25) is 0 Å². The lowest BCUT2D eigenvalue weighted by Crippen LogP contribution is -2.13. The molecule has 0 bridgehead atoms. The van der Waals surface area contributed by atoms with E-state index in [1.54, 1.807) is 11.3 Å². The van der Waals surface area contributed by atoms with E-state index in [9.17, 15) is 0 Å². The topological polar surface area (TPSA) is 26.0 Å². The second-order valence-corrected chi connectivity index (χ2v) is 5.92. The summed E-state index contributed by atoms with van der Waals surface area (Å²) >= 11 is 8.00. The van der Waals surface area contributed by atoms with Crippen LogP contribution in [0.3, 0.4) is 0 Å². The third-order valence-electron chi connectivity index (χ3n) is 3.15. The molecule has 0 aliphatic carbocycles. The van der Waals surface area contributed by atoms with Crippen LogP contribution in [0.2, 0.25) is 5.02 Å². The highest BCUT2D eigenvalue weighted by atomic mass is 35.5. The molecule has 3 heteroatoms. The standard InChI is InChI=1S/C15H18ClNS/c1-3-11-6-7-18-15(11)14(17)9-12-5-4-10(2)8-13(12)16/h4-8,14H,3,9,17H2,1-2H3. The molecular weight excluding hydrogens is 262 g/mol. The molecule has 1 aromatic heterocycles. The largest absolute Gasteiger partial charge is 0.323 e. The molecule has 2 aromatic rings. The Hall–Kier alpha value is -0.830. The minimum absolute atomic E-state index is 0.0418. The predicted octanol–water partition coefficient (Wildman–Crippen LogP) is 4.51. The third-order valence-corrected chi connectivity index (χ3v) is 4.59. The lowest BCUT2D eigenvalue weighted by Gasteiger charge is -2.13. The van der Waals surface area contributed by atoms with Crippen LogP contribution in [-0.4, -0.2) is 0 Å². The summed E-state index contributed by atoms with van der Waals surface area (Å²) < 4.78 is 0. The van der Waals surface area contributed by atoms with E-state index < -0.39 is 0 Å². The van der Waals surface area contributed by atoms with Gasteiger partial charge in [0.15, 0.2) is 0 Å². The highest BCUT2D eigenvalue weighted by Gasteiger charge is 2.14. The van der Waals surface area contributed by atoms with Crippen LogP contribution < -0.4 is 5.73 Å². The first kappa shape index (κ1) is 13.6. The van der Waals surface area contributed by atoms with Crippen molar-refractivity contribution in [3.8, 4) is 0 Å². The summed E-state index contributed by atoms with van der Waals surface area (Å²) in [6, 6.07) is 8.37. The number of benzene rings is 1. The zero-order chi connectivity index (χ0) is 13.1. The van der Waals surface area contributed by atoms with E-state index in [1.807, 2.05) is 13.0 Å². The number of rotatable bonds is 4. The smallest absolute Gasteiger partial charge is 0.0441 e. The fourth-order valence-corrected chi connectivity index (χ4v) is 3.43. The average molecular weight is 280 g/mol. The van der Waals surface area contributed by atoms with Gasteiger partial charge in [-0.3, -0.25) is 0 Å². The normalized spacial score (nSPS) is 12.7. The second kappa shape index (κ2) is 5.87. The minimum Gasteiger partial charge on any atom is -0.323 e. The molecule has 18 heavy (non-hydrogen) atoms. The van der Waals surface area contributed by atoms with Crippen LogP contribution in [0.1, 0.15) is 34.5 Å². The van der Waals surface area contributed by atoms with Crippen molar-refractivity contribution >= 4 is 22.9 Å². The van der Waals surface area contributed by atoms with Crippen molar-refractivity contribution in [2.24, 2.45) is 5.73 Å². The number of hydrogen-bond acceptors (Lipinski definition) is 2. The molecular formula is C15H18ClNS. The maximum absolute atomic E-state index is 6.31. The quantitative estimate of drug-likeness (QED) is 0.875. The summed E-state index contributed by atoms with van der Waals surface area (Å²) in [6.45, 7) is 4.21. The minimum atomic E-state index is 0.0418. The van der Waals surface area contributed by atoms with Crippen molar-refractivity contribution in [3.05, 3.63) is 56.2 Å². The molecule has 1 heterocycles. The highest BCUT2D eigenvalue weighted by molar-refractivity contribution is 7.10. The number of hydrogen-bond donors (Lipinski definition) is 1. The first-order chi connectivity index (χ1) is 8.61. The molecule has 0 saturated carbocycles. The summed E-state index contributed by atoms with van der Waals surface area (Å²) in [5.74, 6) is 0. The molecule has 2 N–H and O–H groups in total. The summed E-state index contributed by atoms with van der Waals surface area (Å²) in [5.41, 5.74) is 9.98. The van der Waals surface area contributed by atoms with Crippen LogP contribution in [0.25, 0.3) is 0 Å². The van der Waals surface area contributed by atoms with Crippen LogP contribution in [0.5, 0.6) is 0 Å². The Labute approximate surface area is 118 Å². The van der Waals surface area contributed by atoms with Gasteiger partial charge in [-0.25, -0.2) is 0 Å². The van der Waals surface area contributed by atoms with E-state index in [2.05, 4.69) is 30.5 Å². The van der Waals surface area contributed by atoms with Gasteiger partial charge >= 0.3 is 0 Å². The van der Waals surface area contributed by atoms with Gasteiger partial charge < -0.3 is 5.73 Å². The van der Waals surface area contributed by atoms with Gasteiger partial charge in [-0.15, -0.1) is 11.3 Å². The number of aryl methyl sites for hydroxylation is 2. The maximum Gasteiger partial charge on any atom is 0.0441 e. The number of thiophene rings is 1. The summed E-state index contributed by atoms with van der Waals surface area (Å²) in [5, 5.41) is 2.94. The Morgan fingerprint density at radius 3 is 2.72 bits per heavy atom. The highest BCUT2D eigenvalue weighted by Crippen LogP contribution is 2.28. The fourth-order valence-electron chi connectivity index (χ4n) is 2.11. The molecule has 0 aliphatic rings. The molecule has 0 amide bonds. The van der Waals surface area contributed by atoms with Gasteiger partial charge in [0.25, 0.3) is 0 Å². The summed E-state index contributed by atoms with van der Waals surface area (Å²) in [4.78, 5) is 1.29. The van der Waals surface area contributed by atoms with Crippen LogP contribution >= 0.6 is 22.9 Å². The van der Waals surface area contributed by atoms with Crippen molar-refractivity contribution in [1.82, 2.24) is 0 Å². The molecule has 0 radical (unpaired) electrons. The molecule has 2 rings (SSSR count). The average Bonchev–Trinajstić information content (AvgIpc) is 2.81. The zero-order valence-electron chi connectivity index (χ0n) is 10.7. The summed E-state index contributed by atoms with van der Waals surface area (Å²) in [6.07, 6.45) is 1.83. The Morgan fingerprint density at radius 2 is 2.06 bits per heavy atom. The third kappa shape index (κ3) is 2.94. The summed E-state index contributed by atoms with van der Waals surface area (Å²) in [7, 11) is 0. The van der Waals surface area contributed by atoms with Gasteiger partial charge in [-0.05, 0) is 54.0 Å². The molecule has 96 valence electrons. The Kier molecular flexibility index (Phi) is 4.44. The van der Waals surface area contributed by atoms with Crippen LogP contribution in [0.4, 0.5) is 0 Å². The zero-order valence-corrected chi connectivity index (χ0v) is 12.3. The first-order valence-corrected chi connectivity index (χ1v) is 7.44.